The maximum atomic E-state index is 13.7. The van der Waals surface area contributed by atoms with E-state index >= 15 is 0 Å². The summed E-state index contributed by atoms with van der Waals surface area (Å²) < 4.78 is 1.76. The van der Waals surface area contributed by atoms with Crippen LogP contribution in [0.5, 0.6) is 0 Å². The first-order valence-corrected chi connectivity index (χ1v) is 12.1. The number of nitro benzene ring substituents is 1. The molecule has 1 aliphatic rings. The lowest BCUT2D eigenvalue weighted by atomic mass is 9.77. The number of amides is 1. The zero-order valence-electron chi connectivity index (χ0n) is 18.9. The molecule has 9 nitrogen and oxygen atoms in total. The molecule has 0 bridgehead atoms. The fourth-order valence-electron chi connectivity index (χ4n) is 4.65. The molecule has 0 radical (unpaired) electrons. The van der Waals surface area contributed by atoms with Gasteiger partial charge in [-0.05, 0) is 37.0 Å². The molecule has 1 fully saturated rings. The fraction of sp³-hybridized carbons (Fsp3) is 0.333. The highest BCUT2D eigenvalue weighted by molar-refractivity contribution is 7.19. The molecule has 0 saturated heterocycles. The predicted molar refractivity (Wildman–Crippen MR) is 130 cm³/mol. The van der Waals surface area contributed by atoms with Crippen molar-refractivity contribution in [2.75, 3.05) is 5.32 Å². The second-order valence-electron chi connectivity index (χ2n) is 8.65. The molecule has 0 unspecified atom stereocenters. The summed E-state index contributed by atoms with van der Waals surface area (Å²) in [5.41, 5.74) is 2.73. The second kappa shape index (κ2) is 8.60. The largest absolute Gasteiger partial charge is 0.325 e. The Balaban J connectivity index is 1.46. The molecule has 0 aliphatic heterocycles. The third kappa shape index (κ3) is 3.73. The van der Waals surface area contributed by atoms with Crippen molar-refractivity contribution in [3.8, 4) is 10.6 Å². The number of non-ortho nitro benzene ring substituents is 1. The van der Waals surface area contributed by atoms with Crippen LogP contribution >= 0.6 is 11.3 Å². The first-order valence-electron chi connectivity index (χ1n) is 11.3. The van der Waals surface area contributed by atoms with E-state index in [0.717, 1.165) is 57.4 Å². The molecule has 1 amide bonds. The summed E-state index contributed by atoms with van der Waals surface area (Å²) in [5, 5.41) is 28.0. The minimum atomic E-state index is -0.693. The molecule has 1 saturated carbocycles. The minimum absolute atomic E-state index is 0.0251. The lowest BCUT2D eigenvalue weighted by Gasteiger charge is -2.28. The second-order valence-corrected chi connectivity index (χ2v) is 9.60. The van der Waals surface area contributed by atoms with E-state index < -0.39 is 10.3 Å². The molecule has 174 valence electrons. The Labute approximate surface area is 200 Å². The van der Waals surface area contributed by atoms with Gasteiger partial charge in [0.25, 0.3) is 5.69 Å². The highest BCUT2D eigenvalue weighted by atomic mass is 32.1. The summed E-state index contributed by atoms with van der Waals surface area (Å²) in [6, 6.07) is 12.3. The molecular weight excluding hydrogens is 452 g/mol. The molecule has 2 aromatic heterocycles. The van der Waals surface area contributed by atoms with Gasteiger partial charge in [-0.25, -0.2) is 0 Å². The summed E-state index contributed by atoms with van der Waals surface area (Å²) in [6.07, 6.45) is 4.05. The smallest absolute Gasteiger partial charge is 0.269 e. The molecule has 2 aromatic carbocycles. The van der Waals surface area contributed by atoms with Crippen molar-refractivity contribution >= 4 is 33.6 Å². The predicted octanol–water partition coefficient (Wildman–Crippen LogP) is 5.08. The molecule has 10 heteroatoms. The van der Waals surface area contributed by atoms with Crippen LogP contribution in [0.15, 0.2) is 42.5 Å². The van der Waals surface area contributed by atoms with Crippen molar-refractivity contribution in [1.29, 1.82) is 0 Å². The van der Waals surface area contributed by atoms with Crippen LogP contribution in [0.25, 0.3) is 15.5 Å². The van der Waals surface area contributed by atoms with Gasteiger partial charge in [-0.3, -0.25) is 14.9 Å². The van der Waals surface area contributed by atoms with Crippen molar-refractivity contribution < 1.29 is 9.72 Å². The number of carbonyl (C=O) groups excluding carboxylic acids is 1. The van der Waals surface area contributed by atoms with Crippen molar-refractivity contribution in [3.63, 3.8) is 0 Å². The van der Waals surface area contributed by atoms with E-state index in [0.29, 0.717) is 12.8 Å². The number of nitrogens with zero attached hydrogens (tertiary/aromatic N) is 5. The van der Waals surface area contributed by atoms with Gasteiger partial charge in [0.15, 0.2) is 5.82 Å². The van der Waals surface area contributed by atoms with E-state index in [2.05, 4.69) is 20.6 Å². The number of anilines is 1. The van der Waals surface area contributed by atoms with Gasteiger partial charge in [-0.2, -0.15) is 9.61 Å². The molecule has 1 aliphatic carbocycles. The zero-order valence-corrected chi connectivity index (χ0v) is 19.8. The first kappa shape index (κ1) is 22.1. The van der Waals surface area contributed by atoms with Crippen molar-refractivity contribution in [2.45, 2.75) is 51.4 Å². The molecule has 4 aromatic rings. The third-order valence-electron chi connectivity index (χ3n) is 6.63. The van der Waals surface area contributed by atoms with Crippen molar-refractivity contribution in [3.05, 3.63) is 69.5 Å². The number of rotatable bonds is 6. The van der Waals surface area contributed by atoms with Crippen LogP contribution in [-0.2, 0) is 16.6 Å². The van der Waals surface area contributed by atoms with E-state index in [9.17, 15) is 14.9 Å². The Morgan fingerprint density at radius 2 is 1.91 bits per heavy atom. The number of nitrogens with one attached hydrogen (secondary N) is 1. The number of aromatic nitrogens is 4. The highest BCUT2D eigenvalue weighted by Crippen LogP contribution is 2.43. The fourth-order valence-corrected chi connectivity index (χ4v) is 5.51. The van der Waals surface area contributed by atoms with Crippen LogP contribution in [0.1, 0.15) is 49.6 Å². The Morgan fingerprint density at radius 3 is 2.59 bits per heavy atom. The summed E-state index contributed by atoms with van der Waals surface area (Å²) in [6.45, 7) is 3.97. The summed E-state index contributed by atoms with van der Waals surface area (Å²) in [7, 11) is 0. The maximum absolute atomic E-state index is 13.7. The molecular formula is C24H24N6O3S. The number of fused-ring (bicyclic) bond motifs is 1. The van der Waals surface area contributed by atoms with E-state index in [1.54, 1.807) is 16.6 Å². The zero-order chi connectivity index (χ0) is 23.9. The summed E-state index contributed by atoms with van der Waals surface area (Å²) in [5.74, 6) is 0.731. The van der Waals surface area contributed by atoms with Crippen molar-refractivity contribution in [2.24, 2.45) is 0 Å². The Bertz CT molecular complexity index is 1390. The van der Waals surface area contributed by atoms with Gasteiger partial charge in [0, 0.05) is 29.8 Å². The lowest BCUT2D eigenvalue weighted by molar-refractivity contribution is -0.384. The van der Waals surface area contributed by atoms with Gasteiger partial charge in [-0.1, -0.05) is 55.4 Å². The lowest BCUT2D eigenvalue weighted by Crippen LogP contribution is -2.38. The number of benzene rings is 2. The quantitative estimate of drug-likeness (QED) is 0.306. The van der Waals surface area contributed by atoms with Gasteiger partial charge >= 0.3 is 0 Å². The summed E-state index contributed by atoms with van der Waals surface area (Å²) >= 11 is 1.46. The summed E-state index contributed by atoms with van der Waals surface area (Å²) in [4.78, 5) is 25.0. The minimum Gasteiger partial charge on any atom is -0.325 e. The monoisotopic (exact) mass is 476 g/mol. The Kier molecular flexibility index (Phi) is 5.60. The van der Waals surface area contributed by atoms with Gasteiger partial charge in [0.2, 0.25) is 10.9 Å². The average molecular weight is 477 g/mol. The normalized spacial score (nSPS) is 15.0. The first-order chi connectivity index (χ1) is 16.4. The van der Waals surface area contributed by atoms with Crippen LogP contribution in [-0.4, -0.2) is 30.6 Å². The molecule has 2 heterocycles. The van der Waals surface area contributed by atoms with Crippen molar-refractivity contribution in [1.82, 2.24) is 19.8 Å². The standard InChI is InChI=1S/C24H24N6O3S/c1-3-20-26-27-23-29(20)28-21(34-23)16-7-6-15(2)19(14-16)25-22(31)24(12-4-5-13-24)17-8-10-18(11-9-17)30(32)33/h6-11,14H,3-5,12-13H2,1-2H3,(H,25,31). The van der Waals surface area contributed by atoms with Gasteiger partial charge in [0.1, 0.15) is 5.01 Å². The van der Waals surface area contributed by atoms with E-state index in [1.807, 2.05) is 32.0 Å². The van der Waals surface area contributed by atoms with E-state index in [1.165, 1.54) is 23.5 Å². The SMILES string of the molecule is CCc1nnc2sc(-c3ccc(C)c(NC(=O)C4(c5ccc([N+](=O)[O-])cc5)CCCC4)c3)nn12. The average Bonchev–Trinajstić information content (AvgIpc) is 3.57. The number of nitro groups is 1. The Morgan fingerprint density at radius 1 is 1.18 bits per heavy atom. The van der Waals surface area contributed by atoms with E-state index in [-0.39, 0.29) is 11.6 Å². The molecule has 5 rings (SSSR count). The van der Waals surface area contributed by atoms with Crippen LogP contribution in [0.4, 0.5) is 11.4 Å². The molecule has 0 atom stereocenters. The number of carbonyl (C=O) groups is 1. The highest BCUT2D eigenvalue weighted by Gasteiger charge is 2.43. The molecule has 1 N–H and O–H groups in total. The van der Waals surface area contributed by atoms with Gasteiger partial charge < -0.3 is 5.32 Å². The van der Waals surface area contributed by atoms with Gasteiger partial charge in [-0.15, -0.1) is 10.2 Å². The van der Waals surface area contributed by atoms with Crippen LogP contribution in [0.3, 0.4) is 0 Å². The molecule has 0 spiro atoms. The van der Waals surface area contributed by atoms with Crippen LogP contribution in [0.2, 0.25) is 0 Å². The topological polar surface area (TPSA) is 115 Å². The van der Waals surface area contributed by atoms with Gasteiger partial charge in [0.05, 0.1) is 10.3 Å². The maximum Gasteiger partial charge on any atom is 0.269 e. The Hall–Kier alpha value is -3.66. The van der Waals surface area contributed by atoms with E-state index in [4.69, 9.17) is 0 Å². The third-order valence-corrected chi connectivity index (χ3v) is 7.57. The number of aryl methyl sites for hydroxylation is 2. The van der Waals surface area contributed by atoms with Crippen LogP contribution < -0.4 is 5.32 Å². The van der Waals surface area contributed by atoms with Crippen LogP contribution in [0, 0.1) is 17.0 Å². The number of hydrogen-bond donors (Lipinski definition) is 1. The number of hydrogen-bond acceptors (Lipinski definition) is 7. The molecule has 34 heavy (non-hydrogen) atoms.